The molecule has 0 aromatic heterocycles. The Balaban J connectivity index is 1.89. The number of benzene rings is 2. The molecule has 3 rings (SSSR count). The Morgan fingerprint density at radius 1 is 1.09 bits per heavy atom. The minimum Gasteiger partial charge on any atom is -0.407 e. The molecule has 0 saturated carbocycles. The van der Waals surface area contributed by atoms with Crippen LogP contribution in [0.1, 0.15) is 19.4 Å². The van der Waals surface area contributed by atoms with Gasteiger partial charge in [-0.1, -0.05) is 38.1 Å². The third kappa shape index (κ3) is 3.44. The molecule has 0 spiro atoms. The lowest BCUT2D eigenvalue weighted by Crippen LogP contribution is -2.47. The highest BCUT2D eigenvalue weighted by atomic mass is 19.1. The van der Waals surface area contributed by atoms with Gasteiger partial charge in [0.25, 0.3) is 0 Å². The van der Waals surface area contributed by atoms with Crippen molar-refractivity contribution in [1.82, 2.24) is 0 Å². The number of nitrogens with zero attached hydrogens (tertiary/aromatic N) is 1. The van der Waals surface area contributed by atoms with Gasteiger partial charge in [0.15, 0.2) is 0 Å². The monoisotopic (exact) mass is 309 g/mol. The van der Waals surface area contributed by atoms with E-state index in [1.807, 2.05) is 0 Å². The van der Waals surface area contributed by atoms with Crippen LogP contribution in [0.4, 0.5) is 4.39 Å². The lowest BCUT2D eigenvalue weighted by Gasteiger charge is -2.33. The molecule has 0 amide bonds. The largest absolute Gasteiger partial charge is 0.493 e. The van der Waals surface area contributed by atoms with Crippen LogP contribution >= 0.6 is 0 Å². The molecular formula is C18H17BFNO2. The number of halogens is 1. The van der Waals surface area contributed by atoms with Crippen molar-refractivity contribution in [2.75, 3.05) is 13.2 Å². The summed E-state index contributed by atoms with van der Waals surface area (Å²) in [5.74, 6) is -0.311. The zero-order chi connectivity index (χ0) is 16.4. The van der Waals surface area contributed by atoms with E-state index in [1.54, 1.807) is 36.4 Å². The standard InChI is InChI=1S/C18H17BFNO2/c1-18(2)11-22-19(23-12-18)15-7-8-17(20)16(9-15)14-5-3-13(10-21)4-6-14/h3-9H,11-12H2,1-2H3. The maximum absolute atomic E-state index is 14.2. The first-order valence-electron chi connectivity index (χ1n) is 7.52. The van der Waals surface area contributed by atoms with E-state index in [9.17, 15) is 4.39 Å². The van der Waals surface area contributed by atoms with Gasteiger partial charge in [-0.3, -0.25) is 0 Å². The smallest absolute Gasteiger partial charge is 0.407 e. The van der Waals surface area contributed by atoms with E-state index in [2.05, 4.69) is 19.9 Å². The van der Waals surface area contributed by atoms with Gasteiger partial charge in [-0.15, -0.1) is 0 Å². The summed E-state index contributed by atoms with van der Waals surface area (Å²) < 4.78 is 25.7. The van der Waals surface area contributed by atoms with Gasteiger partial charge in [-0.05, 0) is 29.2 Å². The predicted molar refractivity (Wildman–Crippen MR) is 87.6 cm³/mol. The first-order chi connectivity index (χ1) is 11.0. The Kier molecular flexibility index (Phi) is 4.21. The van der Waals surface area contributed by atoms with Gasteiger partial charge < -0.3 is 9.31 Å². The third-order valence-electron chi connectivity index (χ3n) is 3.84. The SMILES string of the molecule is CC1(C)COB(c2ccc(F)c(-c3ccc(C#N)cc3)c2)OC1. The van der Waals surface area contributed by atoms with Gasteiger partial charge in [0.2, 0.25) is 0 Å². The average molecular weight is 309 g/mol. The van der Waals surface area contributed by atoms with Crippen molar-refractivity contribution in [3.05, 3.63) is 53.8 Å². The summed E-state index contributed by atoms with van der Waals surface area (Å²) in [5, 5.41) is 8.85. The summed E-state index contributed by atoms with van der Waals surface area (Å²) in [6.07, 6.45) is 0. The Hall–Kier alpha value is -2.16. The van der Waals surface area contributed by atoms with E-state index in [0.29, 0.717) is 24.3 Å². The molecular weight excluding hydrogens is 292 g/mol. The van der Waals surface area contributed by atoms with Crippen molar-refractivity contribution in [3.8, 4) is 17.2 Å². The van der Waals surface area contributed by atoms with Crippen molar-refractivity contribution >= 4 is 12.6 Å². The van der Waals surface area contributed by atoms with Gasteiger partial charge >= 0.3 is 7.12 Å². The normalized spacial score (nSPS) is 16.9. The fourth-order valence-corrected chi connectivity index (χ4v) is 2.52. The van der Waals surface area contributed by atoms with Gasteiger partial charge in [-0.25, -0.2) is 4.39 Å². The van der Waals surface area contributed by atoms with Gasteiger partial charge in [0, 0.05) is 24.2 Å². The molecule has 2 aromatic rings. The van der Waals surface area contributed by atoms with E-state index >= 15 is 0 Å². The summed E-state index contributed by atoms with van der Waals surface area (Å²) in [4.78, 5) is 0. The second-order valence-electron chi connectivity index (χ2n) is 6.55. The van der Waals surface area contributed by atoms with Crippen LogP contribution in [0.2, 0.25) is 0 Å². The maximum atomic E-state index is 14.2. The molecule has 0 bridgehead atoms. The average Bonchev–Trinajstić information content (AvgIpc) is 2.56. The van der Waals surface area contributed by atoms with E-state index in [1.165, 1.54) is 6.07 Å². The van der Waals surface area contributed by atoms with Crippen LogP contribution in [0, 0.1) is 22.6 Å². The molecule has 0 radical (unpaired) electrons. The summed E-state index contributed by atoms with van der Waals surface area (Å²) in [5.41, 5.74) is 2.53. The van der Waals surface area contributed by atoms with Crippen molar-refractivity contribution < 1.29 is 13.7 Å². The fourth-order valence-electron chi connectivity index (χ4n) is 2.52. The van der Waals surface area contributed by atoms with Crippen LogP contribution < -0.4 is 5.46 Å². The first kappa shape index (κ1) is 15.7. The van der Waals surface area contributed by atoms with Crippen molar-refractivity contribution in [2.45, 2.75) is 13.8 Å². The molecule has 1 saturated heterocycles. The zero-order valence-corrected chi connectivity index (χ0v) is 13.2. The second-order valence-corrected chi connectivity index (χ2v) is 6.55. The molecule has 0 atom stereocenters. The Bertz CT molecular complexity index is 743. The van der Waals surface area contributed by atoms with Crippen molar-refractivity contribution in [1.29, 1.82) is 5.26 Å². The van der Waals surface area contributed by atoms with E-state index in [-0.39, 0.29) is 11.2 Å². The number of hydrogen-bond acceptors (Lipinski definition) is 3. The highest BCUT2D eigenvalue weighted by molar-refractivity contribution is 6.61. The maximum Gasteiger partial charge on any atom is 0.493 e. The molecule has 116 valence electrons. The fraction of sp³-hybridized carbons (Fsp3) is 0.278. The highest BCUT2D eigenvalue weighted by Gasteiger charge is 2.33. The minimum absolute atomic E-state index is 0.00745. The van der Waals surface area contributed by atoms with Crippen molar-refractivity contribution in [2.24, 2.45) is 5.41 Å². The highest BCUT2D eigenvalue weighted by Crippen LogP contribution is 2.24. The summed E-state index contributed by atoms with van der Waals surface area (Å²) in [6.45, 7) is 5.36. The topological polar surface area (TPSA) is 42.2 Å². The molecule has 2 aromatic carbocycles. The molecule has 23 heavy (non-hydrogen) atoms. The second kappa shape index (κ2) is 6.15. The number of hydrogen-bond donors (Lipinski definition) is 0. The Morgan fingerprint density at radius 2 is 1.74 bits per heavy atom. The zero-order valence-electron chi connectivity index (χ0n) is 13.2. The van der Waals surface area contributed by atoms with Crippen LogP contribution in [0.5, 0.6) is 0 Å². The van der Waals surface area contributed by atoms with Gasteiger partial charge in [0.05, 0.1) is 11.6 Å². The van der Waals surface area contributed by atoms with Gasteiger partial charge in [0.1, 0.15) is 5.82 Å². The molecule has 0 aliphatic carbocycles. The van der Waals surface area contributed by atoms with Gasteiger partial charge in [-0.2, -0.15) is 5.26 Å². The summed E-state index contributed by atoms with van der Waals surface area (Å²) >= 11 is 0. The molecule has 1 heterocycles. The van der Waals surface area contributed by atoms with Crippen molar-refractivity contribution in [3.63, 3.8) is 0 Å². The third-order valence-corrected chi connectivity index (χ3v) is 3.84. The van der Waals surface area contributed by atoms with E-state index in [0.717, 1.165) is 11.0 Å². The molecule has 0 unspecified atom stereocenters. The van der Waals surface area contributed by atoms with Crippen LogP contribution in [0.3, 0.4) is 0 Å². The lowest BCUT2D eigenvalue weighted by atomic mass is 9.75. The first-order valence-corrected chi connectivity index (χ1v) is 7.52. The van der Waals surface area contributed by atoms with Crippen LogP contribution in [-0.4, -0.2) is 20.3 Å². The molecule has 1 aliphatic heterocycles. The summed E-state index contributed by atoms with van der Waals surface area (Å²) in [7, 11) is -0.472. The lowest BCUT2D eigenvalue weighted by molar-refractivity contribution is 0.0343. The summed E-state index contributed by atoms with van der Waals surface area (Å²) in [6, 6.07) is 13.8. The van der Waals surface area contributed by atoms with Crippen LogP contribution in [0.25, 0.3) is 11.1 Å². The molecule has 5 heteroatoms. The predicted octanol–water partition coefficient (Wildman–Crippen LogP) is 3.13. The Labute approximate surface area is 135 Å². The Morgan fingerprint density at radius 3 is 2.35 bits per heavy atom. The number of rotatable bonds is 2. The molecule has 3 nitrogen and oxygen atoms in total. The quantitative estimate of drug-likeness (QED) is 0.800. The molecule has 1 fully saturated rings. The van der Waals surface area contributed by atoms with E-state index < -0.39 is 7.12 Å². The number of nitriles is 1. The molecule has 0 N–H and O–H groups in total. The minimum atomic E-state index is -0.472. The van der Waals surface area contributed by atoms with Crippen LogP contribution in [-0.2, 0) is 9.31 Å². The molecule has 1 aliphatic rings. The van der Waals surface area contributed by atoms with Crippen LogP contribution in [0.15, 0.2) is 42.5 Å². The van der Waals surface area contributed by atoms with E-state index in [4.69, 9.17) is 14.6 Å².